The molecule has 0 spiro atoms. The van der Waals surface area contributed by atoms with E-state index >= 15 is 0 Å². The first kappa shape index (κ1) is 22.2. The van der Waals surface area contributed by atoms with Crippen molar-refractivity contribution in [1.29, 1.82) is 0 Å². The highest BCUT2D eigenvalue weighted by molar-refractivity contribution is 5.94. The molecular weight excluding hydrogens is 401 g/mol. The first-order valence-corrected chi connectivity index (χ1v) is 9.89. The summed E-state index contributed by atoms with van der Waals surface area (Å²) in [5.41, 5.74) is 1.82. The Morgan fingerprint density at radius 3 is 2.71 bits per heavy atom. The highest BCUT2D eigenvalue weighted by Crippen LogP contribution is 2.18. The second-order valence-corrected chi connectivity index (χ2v) is 7.14. The highest BCUT2D eigenvalue weighted by atomic mass is 19.1. The van der Waals surface area contributed by atoms with Crippen LogP contribution in [0.25, 0.3) is 0 Å². The van der Waals surface area contributed by atoms with Crippen LogP contribution in [0.5, 0.6) is 0 Å². The Bertz CT molecular complexity index is 1050. The van der Waals surface area contributed by atoms with Gasteiger partial charge in [0.25, 0.3) is 11.6 Å². The summed E-state index contributed by atoms with van der Waals surface area (Å²) in [7, 11) is 1.59. The molecule has 0 N–H and O–H groups in total. The van der Waals surface area contributed by atoms with Crippen molar-refractivity contribution in [2.75, 3.05) is 20.3 Å². The van der Waals surface area contributed by atoms with E-state index in [0.717, 1.165) is 11.3 Å². The van der Waals surface area contributed by atoms with Crippen LogP contribution in [0, 0.1) is 15.9 Å². The third kappa shape index (κ3) is 5.99. The van der Waals surface area contributed by atoms with E-state index in [0.29, 0.717) is 32.7 Å². The zero-order chi connectivity index (χ0) is 22.2. The molecule has 0 saturated heterocycles. The number of hydrogen-bond donors (Lipinski definition) is 0. The summed E-state index contributed by atoms with van der Waals surface area (Å²) in [5.74, 6) is -0.591. The zero-order valence-corrected chi connectivity index (χ0v) is 17.2. The van der Waals surface area contributed by atoms with Gasteiger partial charge in [-0.15, -0.1) is 0 Å². The minimum absolute atomic E-state index is 0.128. The SMILES string of the molecule is COCCCN(Cc1cccn1Cc1cccc(F)c1)C(=O)c1cccc([N+](=O)[O-])c1. The molecule has 0 radical (unpaired) electrons. The third-order valence-corrected chi connectivity index (χ3v) is 4.89. The molecule has 1 heterocycles. The number of nitrogens with zero attached hydrogens (tertiary/aromatic N) is 3. The molecule has 0 aliphatic carbocycles. The van der Waals surface area contributed by atoms with Crippen LogP contribution in [0.15, 0.2) is 66.9 Å². The van der Waals surface area contributed by atoms with E-state index in [1.54, 1.807) is 24.1 Å². The predicted molar refractivity (Wildman–Crippen MR) is 114 cm³/mol. The molecular formula is C23H24FN3O4. The Morgan fingerprint density at radius 1 is 1.16 bits per heavy atom. The summed E-state index contributed by atoms with van der Waals surface area (Å²) in [6.07, 6.45) is 2.51. The average Bonchev–Trinajstić information content (AvgIpc) is 3.19. The van der Waals surface area contributed by atoms with Gasteiger partial charge in [0.2, 0.25) is 0 Å². The molecule has 0 aliphatic rings. The van der Waals surface area contributed by atoms with Crippen molar-refractivity contribution in [2.24, 2.45) is 0 Å². The summed E-state index contributed by atoms with van der Waals surface area (Å²) in [6.45, 7) is 1.70. The molecule has 3 aromatic rings. The fourth-order valence-corrected chi connectivity index (χ4v) is 3.36. The molecule has 0 fully saturated rings. The summed E-state index contributed by atoms with van der Waals surface area (Å²) in [5, 5.41) is 11.1. The fraction of sp³-hybridized carbons (Fsp3) is 0.261. The van der Waals surface area contributed by atoms with Crippen molar-refractivity contribution in [3.05, 3.63) is 99.6 Å². The number of aromatic nitrogens is 1. The number of methoxy groups -OCH3 is 1. The van der Waals surface area contributed by atoms with Crippen LogP contribution < -0.4 is 0 Å². The lowest BCUT2D eigenvalue weighted by atomic mass is 10.1. The summed E-state index contributed by atoms with van der Waals surface area (Å²) >= 11 is 0. The molecule has 1 amide bonds. The number of nitro groups is 1. The minimum atomic E-state index is -0.518. The standard InChI is InChI=1S/C23H24FN3O4/c1-31-13-5-12-26(23(28)19-7-3-9-21(15-19)27(29)30)17-22-10-4-11-25(22)16-18-6-2-8-20(24)14-18/h2-4,6-11,14-15H,5,12-13,16-17H2,1H3. The molecule has 1 aromatic heterocycles. The predicted octanol–water partition coefficient (Wildman–Crippen LogP) is 4.26. The fourth-order valence-electron chi connectivity index (χ4n) is 3.36. The summed E-state index contributed by atoms with van der Waals surface area (Å²) in [4.78, 5) is 25.4. The number of amides is 1. The van der Waals surface area contributed by atoms with Crippen LogP contribution in [0.4, 0.5) is 10.1 Å². The van der Waals surface area contributed by atoms with E-state index in [2.05, 4.69) is 0 Å². The van der Waals surface area contributed by atoms with Gasteiger partial charge < -0.3 is 14.2 Å². The molecule has 0 atom stereocenters. The first-order valence-electron chi connectivity index (χ1n) is 9.89. The molecule has 162 valence electrons. The molecule has 7 nitrogen and oxygen atoms in total. The molecule has 2 aromatic carbocycles. The average molecular weight is 425 g/mol. The van der Waals surface area contributed by atoms with Crippen LogP contribution in [0.1, 0.15) is 28.0 Å². The maximum Gasteiger partial charge on any atom is 0.270 e. The second kappa shape index (κ2) is 10.5. The number of benzene rings is 2. The monoisotopic (exact) mass is 425 g/mol. The van der Waals surface area contributed by atoms with E-state index in [1.807, 2.05) is 29.0 Å². The van der Waals surface area contributed by atoms with Gasteiger partial charge in [0.1, 0.15) is 5.82 Å². The van der Waals surface area contributed by atoms with Gasteiger partial charge in [-0.25, -0.2) is 4.39 Å². The smallest absolute Gasteiger partial charge is 0.270 e. The molecule has 0 unspecified atom stereocenters. The van der Waals surface area contributed by atoms with Crippen molar-refractivity contribution in [3.63, 3.8) is 0 Å². The Balaban J connectivity index is 1.82. The Labute approximate surface area is 179 Å². The number of non-ortho nitro benzene ring substituents is 1. The number of rotatable bonds is 10. The van der Waals surface area contributed by atoms with Gasteiger partial charge in [-0.3, -0.25) is 14.9 Å². The van der Waals surface area contributed by atoms with Gasteiger partial charge in [0.15, 0.2) is 0 Å². The number of ether oxygens (including phenoxy) is 1. The van der Waals surface area contributed by atoms with Gasteiger partial charge in [-0.2, -0.15) is 0 Å². The van der Waals surface area contributed by atoms with Gasteiger partial charge in [0.05, 0.1) is 11.5 Å². The molecule has 8 heteroatoms. The van der Waals surface area contributed by atoms with E-state index in [9.17, 15) is 19.3 Å². The largest absolute Gasteiger partial charge is 0.385 e. The lowest BCUT2D eigenvalue weighted by Crippen LogP contribution is -2.33. The maximum atomic E-state index is 13.5. The Kier molecular flexibility index (Phi) is 7.50. The van der Waals surface area contributed by atoms with Crippen molar-refractivity contribution in [3.8, 4) is 0 Å². The number of halogens is 1. The van der Waals surface area contributed by atoms with Crippen LogP contribution in [-0.4, -0.2) is 40.6 Å². The minimum Gasteiger partial charge on any atom is -0.385 e. The van der Waals surface area contributed by atoms with Crippen molar-refractivity contribution in [1.82, 2.24) is 9.47 Å². The Morgan fingerprint density at radius 2 is 1.97 bits per heavy atom. The van der Waals surface area contributed by atoms with Crippen LogP contribution in [0.3, 0.4) is 0 Å². The zero-order valence-electron chi connectivity index (χ0n) is 17.2. The van der Waals surface area contributed by atoms with Crippen molar-refractivity contribution >= 4 is 11.6 Å². The van der Waals surface area contributed by atoms with Crippen molar-refractivity contribution in [2.45, 2.75) is 19.5 Å². The summed E-state index contributed by atoms with van der Waals surface area (Å²) in [6, 6.07) is 15.9. The van der Waals surface area contributed by atoms with Crippen LogP contribution >= 0.6 is 0 Å². The quantitative estimate of drug-likeness (QED) is 0.276. The topological polar surface area (TPSA) is 77.6 Å². The van der Waals surface area contributed by atoms with Crippen LogP contribution in [0.2, 0.25) is 0 Å². The first-order chi connectivity index (χ1) is 15.0. The van der Waals surface area contributed by atoms with Crippen molar-refractivity contribution < 1.29 is 18.8 Å². The number of nitro benzene ring substituents is 1. The second-order valence-electron chi connectivity index (χ2n) is 7.14. The highest BCUT2D eigenvalue weighted by Gasteiger charge is 2.19. The van der Waals surface area contributed by atoms with Crippen LogP contribution in [-0.2, 0) is 17.8 Å². The number of hydrogen-bond acceptors (Lipinski definition) is 4. The molecule has 3 rings (SSSR count). The molecule has 0 saturated carbocycles. The van der Waals surface area contributed by atoms with Gasteiger partial charge in [-0.05, 0) is 42.3 Å². The van der Waals surface area contributed by atoms with Gasteiger partial charge in [-0.1, -0.05) is 18.2 Å². The van der Waals surface area contributed by atoms with E-state index < -0.39 is 4.92 Å². The molecule has 0 bridgehead atoms. The Hall–Kier alpha value is -3.52. The van der Waals surface area contributed by atoms with E-state index in [4.69, 9.17) is 4.74 Å². The maximum absolute atomic E-state index is 13.5. The van der Waals surface area contributed by atoms with E-state index in [-0.39, 0.29) is 23.0 Å². The van der Waals surface area contributed by atoms with Gasteiger partial charge in [0, 0.05) is 56.4 Å². The summed E-state index contributed by atoms with van der Waals surface area (Å²) < 4.78 is 20.6. The lowest BCUT2D eigenvalue weighted by molar-refractivity contribution is -0.384. The molecule has 0 aliphatic heterocycles. The normalized spacial score (nSPS) is 10.8. The number of carbonyl (C=O) groups is 1. The van der Waals surface area contributed by atoms with Gasteiger partial charge >= 0.3 is 0 Å². The molecule has 31 heavy (non-hydrogen) atoms. The lowest BCUT2D eigenvalue weighted by Gasteiger charge is -2.24. The third-order valence-electron chi connectivity index (χ3n) is 4.89. The number of carbonyl (C=O) groups excluding carboxylic acids is 1. The van der Waals surface area contributed by atoms with E-state index in [1.165, 1.54) is 30.3 Å².